The van der Waals surface area contributed by atoms with Crippen LogP contribution in [0.2, 0.25) is 0 Å². The Hall–Kier alpha value is -0.900. The topological polar surface area (TPSA) is 39.2 Å². The summed E-state index contributed by atoms with van der Waals surface area (Å²) in [5.74, 6) is -0.258. The Morgan fingerprint density at radius 2 is 2.20 bits per heavy atom. The quantitative estimate of drug-likeness (QED) is 0.726. The van der Waals surface area contributed by atoms with Gasteiger partial charge >= 0.3 is 5.97 Å². The van der Waals surface area contributed by atoms with Gasteiger partial charge in [-0.05, 0) is 32.6 Å². The lowest BCUT2D eigenvalue weighted by molar-refractivity contribution is 0.0205. The molecule has 4 heteroatoms. The first kappa shape index (κ1) is 10.6. The normalized spacial score (nSPS) is 17.7. The van der Waals surface area contributed by atoms with Crippen molar-refractivity contribution in [3.63, 3.8) is 0 Å². The maximum Gasteiger partial charge on any atom is 0.358 e. The van der Waals surface area contributed by atoms with E-state index in [1.165, 1.54) is 30.6 Å². The van der Waals surface area contributed by atoms with Crippen LogP contribution in [-0.4, -0.2) is 17.1 Å². The molecule has 0 saturated heterocycles. The lowest BCUT2D eigenvalue weighted by Gasteiger charge is -2.21. The minimum atomic E-state index is -0.258. The van der Waals surface area contributed by atoms with E-state index in [0.29, 0.717) is 5.69 Å². The van der Waals surface area contributed by atoms with E-state index in [1.54, 1.807) is 5.38 Å². The van der Waals surface area contributed by atoms with Crippen molar-refractivity contribution in [3.8, 4) is 0 Å². The van der Waals surface area contributed by atoms with Crippen LogP contribution in [0.15, 0.2) is 5.38 Å². The van der Waals surface area contributed by atoms with Crippen LogP contribution in [0, 0.1) is 6.92 Å². The molecule has 1 saturated carbocycles. The molecule has 0 aliphatic heterocycles. The van der Waals surface area contributed by atoms with E-state index >= 15 is 0 Å². The van der Waals surface area contributed by atoms with Crippen LogP contribution < -0.4 is 0 Å². The molecule has 1 fully saturated rings. The minimum Gasteiger partial charge on any atom is -0.458 e. The Labute approximate surface area is 93.5 Å². The van der Waals surface area contributed by atoms with Crippen molar-refractivity contribution in [1.29, 1.82) is 0 Å². The predicted octanol–water partition coefficient (Wildman–Crippen LogP) is 2.94. The molecule has 1 aromatic rings. The molecular formula is C11H15NO2S. The van der Waals surface area contributed by atoms with Gasteiger partial charge in [0.05, 0.1) is 5.01 Å². The SMILES string of the molecule is Cc1nc(C(=O)OC2CCCCC2)cs1. The highest BCUT2D eigenvalue weighted by Crippen LogP contribution is 2.21. The van der Waals surface area contributed by atoms with Crippen LogP contribution in [-0.2, 0) is 4.74 Å². The molecule has 0 spiro atoms. The first-order chi connectivity index (χ1) is 7.25. The largest absolute Gasteiger partial charge is 0.458 e. The maximum absolute atomic E-state index is 11.6. The van der Waals surface area contributed by atoms with Gasteiger partial charge in [0.25, 0.3) is 0 Å². The van der Waals surface area contributed by atoms with Crippen molar-refractivity contribution in [2.45, 2.75) is 45.1 Å². The molecule has 0 bridgehead atoms. The second-order valence-corrected chi connectivity index (χ2v) is 4.98. The second-order valence-electron chi connectivity index (χ2n) is 3.92. The number of aryl methyl sites for hydroxylation is 1. The molecule has 82 valence electrons. The van der Waals surface area contributed by atoms with E-state index in [1.807, 2.05) is 6.92 Å². The average Bonchev–Trinajstić information content (AvgIpc) is 2.66. The van der Waals surface area contributed by atoms with Crippen LogP contribution in [0.1, 0.15) is 47.6 Å². The van der Waals surface area contributed by atoms with Crippen molar-refractivity contribution >= 4 is 17.3 Å². The van der Waals surface area contributed by atoms with Gasteiger partial charge in [0.2, 0.25) is 0 Å². The summed E-state index contributed by atoms with van der Waals surface area (Å²) in [7, 11) is 0. The number of carbonyl (C=O) groups is 1. The summed E-state index contributed by atoms with van der Waals surface area (Å²) >= 11 is 1.48. The molecule has 15 heavy (non-hydrogen) atoms. The third-order valence-corrected chi connectivity index (χ3v) is 3.43. The van der Waals surface area contributed by atoms with E-state index in [2.05, 4.69) is 4.98 Å². The minimum absolute atomic E-state index is 0.119. The van der Waals surface area contributed by atoms with Gasteiger partial charge in [-0.1, -0.05) is 6.42 Å². The first-order valence-electron chi connectivity index (χ1n) is 5.39. The van der Waals surface area contributed by atoms with Crippen molar-refractivity contribution in [2.75, 3.05) is 0 Å². The third kappa shape index (κ3) is 2.78. The number of nitrogens with zero attached hydrogens (tertiary/aromatic N) is 1. The number of thiazole rings is 1. The summed E-state index contributed by atoms with van der Waals surface area (Å²) in [6, 6.07) is 0. The van der Waals surface area contributed by atoms with Crippen molar-refractivity contribution in [1.82, 2.24) is 4.98 Å². The number of hydrogen-bond donors (Lipinski definition) is 0. The molecule has 2 rings (SSSR count). The molecule has 0 amide bonds. The molecule has 0 radical (unpaired) electrons. The Morgan fingerprint density at radius 1 is 1.47 bits per heavy atom. The fourth-order valence-corrected chi connectivity index (χ4v) is 2.43. The Bertz CT molecular complexity index is 342. The van der Waals surface area contributed by atoms with Crippen molar-refractivity contribution < 1.29 is 9.53 Å². The molecule has 1 aromatic heterocycles. The first-order valence-corrected chi connectivity index (χ1v) is 6.27. The lowest BCUT2D eigenvalue weighted by atomic mass is 9.98. The van der Waals surface area contributed by atoms with Gasteiger partial charge < -0.3 is 4.74 Å². The second kappa shape index (κ2) is 4.75. The number of carbonyl (C=O) groups excluding carboxylic acids is 1. The summed E-state index contributed by atoms with van der Waals surface area (Å²) in [4.78, 5) is 15.8. The monoisotopic (exact) mass is 225 g/mol. The number of aromatic nitrogens is 1. The van der Waals surface area contributed by atoms with Gasteiger partial charge in [0, 0.05) is 5.38 Å². The Morgan fingerprint density at radius 3 is 2.80 bits per heavy atom. The smallest absolute Gasteiger partial charge is 0.358 e. The number of esters is 1. The van der Waals surface area contributed by atoms with Gasteiger partial charge in [-0.15, -0.1) is 11.3 Å². The van der Waals surface area contributed by atoms with Crippen LogP contribution in [0.4, 0.5) is 0 Å². The van der Waals surface area contributed by atoms with Gasteiger partial charge in [-0.2, -0.15) is 0 Å². The van der Waals surface area contributed by atoms with Crippen molar-refractivity contribution in [3.05, 3.63) is 16.1 Å². The molecule has 3 nitrogen and oxygen atoms in total. The van der Waals surface area contributed by atoms with Crippen LogP contribution in [0.3, 0.4) is 0 Å². The van der Waals surface area contributed by atoms with Crippen LogP contribution >= 0.6 is 11.3 Å². The van der Waals surface area contributed by atoms with Gasteiger partial charge in [0.1, 0.15) is 6.10 Å². The molecule has 0 aromatic carbocycles. The number of ether oxygens (including phenoxy) is 1. The standard InChI is InChI=1S/C11H15NO2S/c1-8-12-10(7-15-8)11(13)14-9-5-3-2-4-6-9/h7,9H,2-6H2,1H3. The van der Waals surface area contributed by atoms with Gasteiger partial charge in [-0.3, -0.25) is 0 Å². The summed E-state index contributed by atoms with van der Waals surface area (Å²) in [6.07, 6.45) is 5.75. The van der Waals surface area contributed by atoms with Crippen molar-refractivity contribution in [2.24, 2.45) is 0 Å². The highest BCUT2D eigenvalue weighted by atomic mass is 32.1. The molecule has 1 heterocycles. The number of hydrogen-bond acceptors (Lipinski definition) is 4. The zero-order chi connectivity index (χ0) is 10.7. The van der Waals surface area contributed by atoms with Gasteiger partial charge in [0.15, 0.2) is 5.69 Å². The van der Waals surface area contributed by atoms with Gasteiger partial charge in [-0.25, -0.2) is 9.78 Å². The van der Waals surface area contributed by atoms with E-state index in [9.17, 15) is 4.79 Å². The zero-order valence-corrected chi connectivity index (χ0v) is 9.68. The molecular weight excluding hydrogens is 210 g/mol. The molecule has 1 aliphatic carbocycles. The van der Waals surface area contributed by atoms with Crippen LogP contribution in [0.25, 0.3) is 0 Å². The highest BCUT2D eigenvalue weighted by molar-refractivity contribution is 7.09. The third-order valence-electron chi connectivity index (χ3n) is 2.65. The summed E-state index contributed by atoms with van der Waals surface area (Å²) in [5, 5.41) is 2.67. The van der Waals surface area contributed by atoms with E-state index in [0.717, 1.165) is 17.8 Å². The maximum atomic E-state index is 11.6. The molecule has 0 atom stereocenters. The fourth-order valence-electron chi connectivity index (χ4n) is 1.85. The lowest BCUT2D eigenvalue weighted by Crippen LogP contribution is -2.21. The molecule has 1 aliphatic rings. The molecule has 0 unspecified atom stereocenters. The van der Waals surface area contributed by atoms with E-state index < -0.39 is 0 Å². The predicted molar refractivity (Wildman–Crippen MR) is 59.1 cm³/mol. The fraction of sp³-hybridized carbons (Fsp3) is 0.636. The highest BCUT2D eigenvalue weighted by Gasteiger charge is 2.19. The average molecular weight is 225 g/mol. The van der Waals surface area contributed by atoms with E-state index in [4.69, 9.17) is 4.74 Å². The van der Waals surface area contributed by atoms with Crippen LogP contribution in [0.5, 0.6) is 0 Å². The summed E-state index contributed by atoms with van der Waals surface area (Å²) in [6.45, 7) is 1.89. The summed E-state index contributed by atoms with van der Waals surface area (Å²) in [5.41, 5.74) is 0.461. The van der Waals surface area contributed by atoms with E-state index in [-0.39, 0.29) is 12.1 Å². The summed E-state index contributed by atoms with van der Waals surface area (Å²) < 4.78 is 5.40. The zero-order valence-electron chi connectivity index (χ0n) is 8.86. The Balaban J connectivity index is 1.91. The number of rotatable bonds is 2. The Kier molecular flexibility index (Phi) is 3.36. The molecule has 0 N–H and O–H groups in total.